The lowest BCUT2D eigenvalue weighted by Gasteiger charge is -2.10. The lowest BCUT2D eigenvalue weighted by molar-refractivity contribution is 0.465. The van der Waals surface area contributed by atoms with Gasteiger partial charge in [-0.1, -0.05) is 53.7 Å². The molecular formula is C16H12BrClN2OS. The summed E-state index contributed by atoms with van der Waals surface area (Å²) in [6.07, 6.45) is 0. The summed E-state index contributed by atoms with van der Waals surface area (Å²) < 4.78 is 6.68. The van der Waals surface area contributed by atoms with Crippen molar-refractivity contribution in [1.29, 1.82) is 0 Å². The number of aromatic nitrogens is 2. The molecule has 0 saturated heterocycles. The minimum Gasteiger partial charge on any atom is -0.411 e. The van der Waals surface area contributed by atoms with Crippen molar-refractivity contribution in [3.8, 4) is 11.5 Å². The van der Waals surface area contributed by atoms with Gasteiger partial charge in [-0.15, -0.1) is 10.2 Å². The van der Waals surface area contributed by atoms with E-state index in [-0.39, 0.29) is 5.25 Å². The summed E-state index contributed by atoms with van der Waals surface area (Å²) in [5.74, 6) is 0.501. The van der Waals surface area contributed by atoms with Crippen LogP contribution in [-0.2, 0) is 0 Å². The molecule has 0 saturated carbocycles. The molecule has 1 aromatic heterocycles. The Morgan fingerprint density at radius 3 is 2.59 bits per heavy atom. The Morgan fingerprint density at radius 2 is 1.82 bits per heavy atom. The van der Waals surface area contributed by atoms with E-state index in [9.17, 15) is 0 Å². The second-order valence-electron chi connectivity index (χ2n) is 4.63. The Labute approximate surface area is 146 Å². The molecule has 0 bridgehead atoms. The van der Waals surface area contributed by atoms with Gasteiger partial charge in [0.15, 0.2) is 0 Å². The van der Waals surface area contributed by atoms with Crippen LogP contribution in [0.4, 0.5) is 0 Å². The molecule has 0 unspecified atom stereocenters. The van der Waals surface area contributed by atoms with Gasteiger partial charge in [0.1, 0.15) is 0 Å². The van der Waals surface area contributed by atoms with E-state index in [0.717, 1.165) is 20.6 Å². The van der Waals surface area contributed by atoms with Crippen LogP contribution in [0.5, 0.6) is 0 Å². The van der Waals surface area contributed by atoms with Crippen LogP contribution >= 0.6 is 39.3 Å². The van der Waals surface area contributed by atoms with Gasteiger partial charge in [-0.2, -0.15) is 0 Å². The number of thioether (sulfide) groups is 1. The van der Waals surface area contributed by atoms with Crippen LogP contribution < -0.4 is 0 Å². The van der Waals surface area contributed by atoms with Crippen molar-refractivity contribution < 1.29 is 4.42 Å². The predicted molar refractivity (Wildman–Crippen MR) is 93.2 cm³/mol. The first-order chi connectivity index (χ1) is 10.6. The molecule has 6 heteroatoms. The van der Waals surface area contributed by atoms with Gasteiger partial charge in [-0.3, -0.25) is 0 Å². The Hall–Kier alpha value is -1.30. The Morgan fingerprint density at radius 1 is 1.09 bits per heavy atom. The first kappa shape index (κ1) is 15.6. The van der Waals surface area contributed by atoms with Gasteiger partial charge in [0.2, 0.25) is 5.89 Å². The average molecular weight is 396 g/mol. The molecule has 1 heterocycles. The smallest absolute Gasteiger partial charge is 0.277 e. The quantitative estimate of drug-likeness (QED) is 0.507. The van der Waals surface area contributed by atoms with E-state index in [0.29, 0.717) is 11.1 Å². The summed E-state index contributed by atoms with van der Waals surface area (Å²) in [6, 6.07) is 15.5. The molecule has 112 valence electrons. The van der Waals surface area contributed by atoms with E-state index in [1.165, 1.54) is 11.8 Å². The molecular weight excluding hydrogens is 384 g/mol. The normalized spacial score (nSPS) is 12.3. The predicted octanol–water partition coefficient (Wildman–Crippen LogP) is 6.01. The Bertz CT molecular complexity index is 793. The number of rotatable bonds is 4. The molecule has 3 aromatic rings. The molecule has 0 fully saturated rings. The Kier molecular flexibility index (Phi) is 4.86. The van der Waals surface area contributed by atoms with E-state index in [2.05, 4.69) is 33.1 Å². The lowest BCUT2D eigenvalue weighted by atomic mass is 10.2. The molecule has 2 aromatic carbocycles. The summed E-state index contributed by atoms with van der Waals surface area (Å²) in [6.45, 7) is 2.06. The molecule has 0 aliphatic rings. The highest BCUT2D eigenvalue weighted by Gasteiger charge is 2.16. The van der Waals surface area contributed by atoms with Crippen molar-refractivity contribution in [3.63, 3.8) is 0 Å². The molecule has 0 aliphatic heterocycles. The SMILES string of the molecule is C[C@@H](Sc1nnc(-c2ccccc2Br)o1)c1ccccc1Cl. The summed E-state index contributed by atoms with van der Waals surface area (Å²) in [4.78, 5) is 0. The fourth-order valence-electron chi connectivity index (χ4n) is 2.02. The minimum atomic E-state index is 0.126. The second-order valence-corrected chi connectivity index (χ2v) is 7.19. The van der Waals surface area contributed by atoms with Gasteiger partial charge in [-0.05, 0) is 46.6 Å². The second kappa shape index (κ2) is 6.86. The monoisotopic (exact) mass is 394 g/mol. The fourth-order valence-corrected chi connectivity index (χ4v) is 3.69. The van der Waals surface area contributed by atoms with E-state index < -0.39 is 0 Å². The van der Waals surface area contributed by atoms with Crippen LogP contribution in [-0.4, -0.2) is 10.2 Å². The molecule has 22 heavy (non-hydrogen) atoms. The maximum Gasteiger partial charge on any atom is 0.277 e. The number of halogens is 2. The molecule has 1 atom stereocenters. The number of benzene rings is 2. The van der Waals surface area contributed by atoms with Crippen LogP contribution in [0.2, 0.25) is 5.02 Å². The number of nitrogens with zero attached hydrogens (tertiary/aromatic N) is 2. The van der Waals surface area contributed by atoms with Gasteiger partial charge >= 0.3 is 0 Å². The van der Waals surface area contributed by atoms with Crippen LogP contribution in [0.15, 0.2) is 62.6 Å². The van der Waals surface area contributed by atoms with Gasteiger partial charge in [0.05, 0.1) is 5.56 Å². The van der Waals surface area contributed by atoms with E-state index in [4.69, 9.17) is 16.0 Å². The molecule has 0 aliphatic carbocycles. The van der Waals surface area contributed by atoms with Crippen LogP contribution in [0.1, 0.15) is 17.7 Å². The van der Waals surface area contributed by atoms with Crippen LogP contribution in [0, 0.1) is 0 Å². The van der Waals surface area contributed by atoms with Gasteiger partial charge in [-0.25, -0.2) is 0 Å². The zero-order chi connectivity index (χ0) is 15.5. The third kappa shape index (κ3) is 3.37. The molecule has 3 rings (SSSR count). The Balaban J connectivity index is 1.80. The van der Waals surface area contributed by atoms with Gasteiger partial charge < -0.3 is 4.42 Å². The summed E-state index contributed by atoms with van der Waals surface area (Å²) in [5.41, 5.74) is 1.93. The highest BCUT2D eigenvalue weighted by atomic mass is 79.9. The zero-order valence-electron chi connectivity index (χ0n) is 11.7. The first-order valence-electron chi connectivity index (χ1n) is 6.64. The minimum absolute atomic E-state index is 0.126. The third-order valence-electron chi connectivity index (χ3n) is 3.13. The number of hydrogen-bond donors (Lipinski definition) is 0. The van der Waals surface area contributed by atoms with Crippen LogP contribution in [0.3, 0.4) is 0 Å². The third-order valence-corrected chi connectivity index (χ3v) is 5.14. The fraction of sp³-hybridized carbons (Fsp3) is 0.125. The largest absolute Gasteiger partial charge is 0.411 e. The maximum absolute atomic E-state index is 6.22. The van der Waals surface area contributed by atoms with Crippen molar-refractivity contribution >= 4 is 39.3 Å². The number of hydrogen-bond acceptors (Lipinski definition) is 4. The van der Waals surface area contributed by atoms with Gasteiger partial charge in [0.25, 0.3) is 5.22 Å². The summed E-state index contributed by atoms with van der Waals surface area (Å²) in [5, 5.41) is 9.62. The highest BCUT2D eigenvalue weighted by Crippen LogP contribution is 2.38. The van der Waals surface area contributed by atoms with Crippen molar-refractivity contribution in [3.05, 3.63) is 63.6 Å². The summed E-state index contributed by atoms with van der Waals surface area (Å²) >= 11 is 11.2. The first-order valence-corrected chi connectivity index (χ1v) is 8.69. The molecule has 3 nitrogen and oxygen atoms in total. The topological polar surface area (TPSA) is 38.9 Å². The standard InChI is InChI=1S/C16H12BrClN2OS/c1-10(11-6-3-5-9-14(11)18)22-16-20-19-15(21-16)12-7-2-4-8-13(12)17/h2-10H,1H3/t10-/m1/s1. The zero-order valence-corrected chi connectivity index (χ0v) is 14.8. The van der Waals surface area contributed by atoms with Gasteiger partial charge in [0, 0.05) is 14.7 Å². The molecule has 0 spiro atoms. The average Bonchev–Trinajstić information content (AvgIpc) is 2.96. The van der Waals surface area contributed by atoms with Crippen molar-refractivity contribution in [1.82, 2.24) is 10.2 Å². The van der Waals surface area contributed by atoms with E-state index >= 15 is 0 Å². The lowest BCUT2D eigenvalue weighted by Crippen LogP contribution is -1.89. The molecule has 0 radical (unpaired) electrons. The van der Waals surface area contributed by atoms with Crippen molar-refractivity contribution in [2.24, 2.45) is 0 Å². The summed E-state index contributed by atoms with van der Waals surface area (Å²) in [7, 11) is 0. The van der Waals surface area contributed by atoms with Crippen LogP contribution in [0.25, 0.3) is 11.5 Å². The van der Waals surface area contributed by atoms with E-state index in [1.54, 1.807) is 0 Å². The molecule has 0 amide bonds. The van der Waals surface area contributed by atoms with Crippen molar-refractivity contribution in [2.75, 3.05) is 0 Å². The van der Waals surface area contributed by atoms with E-state index in [1.807, 2.05) is 48.5 Å². The highest BCUT2D eigenvalue weighted by molar-refractivity contribution is 9.10. The van der Waals surface area contributed by atoms with Crippen molar-refractivity contribution in [2.45, 2.75) is 17.4 Å². The maximum atomic E-state index is 6.22. The molecule has 0 N–H and O–H groups in total.